The molecular formula is C35H26ClNO5. The van der Waals surface area contributed by atoms with Gasteiger partial charge < -0.3 is 14.4 Å². The molecule has 3 atom stereocenters. The highest BCUT2D eigenvalue weighted by Gasteiger charge is 2.72. The van der Waals surface area contributed by atoms with Crippen LogP contribution in [0.25, 0.3) is 6.08 Å². The maximum absolute atomic E-state index is 14.8. The van der Waals surface area contributed by atoms with Gasteiger partial charge in [0.15, 0.2) is 17.3 Å². The summed E-state index contributed by atoms with van der Waals surface area (Å²) in [6, 6.07) is 25.0. The Bertz CT molecular complexity index is 1780. The van der Waals surface area contributed by atoms with E-state index in [1.807, 2.05) is 41.3 Å². The van der Waals surface area contributed by atoms with E-state index in [0.717, 1.165) is 11.3 Å². The zero-order valence-electron chi connectivity index (χ0n) is 22.9. The fourth-order valence-corrected chi connectivity index (χ4v) is 7.25. The summed E-state index contributed by atoms with van der Waals surface area (Å²) < 4.78 is 11.4. The van der Waals surface area contributed by atoms with E-state index in [1.54, 1.807) is 80.9 Å². The van der Waals surface area contributed by atoms with E-state index in [0.29, 0.717) is 38.8 Å². The molecular weight excluding hydrogens is 550 g/mol. The molecule has 0 bridgehead atoms. The minimum absolute atomic E-state index is 0.231. The molecule has 2 aliphatic heterocycles. The van der Waals surface area contributed by atoms with Crippen molar-refractivity contribution in [3.05, 3.63) is 130 Å². The average Bonchev–Trinajstić information content (AvgIpc) is 3.46. The monoisotopic (exact) mass is 575 g/mol. The van der Waals surface area contributed by atoms with Crippen LogP contribution >= 0.6 is 11.6 Å². The summed E-state index contributed by atoms with van der Waals surface area (Å²) in [7, 11) is 3.09. The lowest BCUT2D eigenvalue weighted by molar-refractivity contribution is 0.0664. The zero-order chi connectivity index (χ0) is 29.2. The molecule has 4 aromatic rings. The number of carbonyl (C=O) groups excluding carboxylic acids is 3. The van der Waals surface area contributed by atoms with E-state index in [4.69, 9.17) is 21.1 Å². The van der Waals surface area contributed by atoms with Crippen molar-refractivity contribution in [1.29, 1.82) is 0 Å². The van der Waals surface area contributed by atoms with Crippen molar-refractivity contribution in [3.8, 4) is 11.5 Å². The molecule has 0 saturated carbocycles. The van der Waals surface area contributed by atoms with Gasteiger partial charge in [0.25, 0.3) is 0 Å². The van der Waals surface area contributed by atoms with Gasteiger partial charge in [-0.3, -0.25) is 14.4 Å². The van der Waals surface area contributed by atoms with Crippen molar-refractivity contribution in [2.45, 2.75) is 18.0 Å². The van der Waals surface area contributed by atoms with Gasteiger partial charge >= 0.3 is 0 Å². The zero-order valence-corrected chi connectivity index (χ0v) is 23.7. The molecule has 0 amide bonds. The van der Waals surface area contributed by atoms with Crippen molar-refractivity contribution in [1.82, 2.24) is 0 Å². The Kier molecular flexibility index (Phi) is 6.06. The summed E-state index contributed by atoms with van der Waals surface area (Å²) in [6.45, 7) is 0. The summed E-state index contributed by atoms with van der Waals surface area (Å²) >= 11 is 6.19. The number of rotatable bonds is 5. The van der Waals surface area contributed by atoms with Crippen LogP contribution in [0.1, 0.15) is 48.1 Å². The molecule has 0 radical (unpaired) electrons. The van der Waals surface area contributed by atoms with Crippen LogP contribution in [0.3, 0.4) is 0 Å². The fraction of sp³-hybridized carbons (Fsp3) is 0.171. The molecule has 1 saturated heterocycles. The lowest BCUT2D eigenvalue weighted by Gasteiger charge is -2.37. The third kappa shape index (κ3) is 3.48. The van der Waals surface area contributed by atoms with Gasteiger partial charge in [-0.05, 0) is 54.1 Å². The summed E-state index contributed by atoms with van der Waals surface area (Å²) in [5.41, 5.74) is 1.74. The third-order valence-corrected chi connectivity index (χ3v) is 9.13. The van der Waals surface area contributed by atoms with E-state index in [2.05, 4.69) is 0 Å². The van der Waals surface area contributed by atoms with E-state index in [-0.39, 0.29) is 17.3 Å². The largest absolute Gasteiger partial charge is 0.497 e. The third-order valence-electron chi connectivity index (χ3n) is 8.88. The minimum atomic E-state index is -1.64. The van der Waals surface area contributed by atoms with Crippen molar-refractivity contribution in [2.75, 3.05) is 19.1 Å². The van der Waals surface area contributed by atoms with Crippen LogP contribution in [0, 0.1) is 5.41 Å². The standard InChI is InChI=1S/C35H26ClNO5/c1-41-23-16-17-28(42-2)26(19-23)30-31(32(38)21-11-14-22(36)15-12-21)37-27-10-6-3-7-20(27)13-18-29(37)35(30)33(39)24-8-4-5-9-25(24)34(35)40/h3-19,29-31H,1-2H3/t29-,30+,31-/m1/s1. The summed E-state index contributed by atoms with van der Waals surface area (Å²) in [5.74, 6) is -0.770. The number of para-hydroxylation sites is 1. The van der Waals surface area contributed by atoms with Crippen LogP contribution in [0.2, 0.25) is 5.02 Å². The molecule has 42 heavy (non-hydrogen) atoms. The smallest absolute Gasteiger partial charge is 0.185 e. The lowest BCUT2D eigenvalue weighted by atomic mass is 9.64. The number of benzene rings is 4. The van der Waals surface area contributed by atoms with Crippen molar-refractivity contribution in [2.24, 2.45) is 5.41 Å². The second kappa shape index (κ2) is 9.71. The van der Waals surface area contributed by atoms with Gasteiger partial charge in [-0.2, -0.15) is 0 Å². The number of ether oxygens (including phenoxy) is 2. The van der Waals surface area contributed by atoms with Crippen molar-refractivity contribution >= 4 is 40.7 Å². The average molecular weight is 576 g/mol. The maximum atomic E-state index is 14.8. The number of nitrogens with zero attached hydrogens (tertiary/aromatic N) is 1. The Labute approximate surface area is 248 Å². The Morgan fingerprint density at radius 2 is 1.50 bits per heavy atom. The molecule has 1 aliphatic carbocycles. The molecule has 1 fully saturated rings. The molecule has 1 spiro atoms. The number of methoxy groups -OCH3 is 2. The number of hydrogen-bond donors (Lipinski definition) is 0. The van der Waals surface area contributed by atoms with E-state index < -0.39 is 23.4 Å². The van der Waals surface area contributed by atoms with Gasteiger partial charge in [-0.25, -0.2) is 0 Å². The fourth-order valence-electron chi connectivity index (χ4n) is 7.13. The van der Waals surface area contributed by atoms with Gasteiger partial charge in [0.05, 0.1) is 20.3 Å². The molecule has 6 nitrogen and oxygen atoms in total. The number of halogens is 1. The second-order valence-electron chi connectivity index (χ2n) is 10.7. The number of Topliss-reactive ketones (excluding diaryl/α,β-unsaturated/α-hetero) is 3. The minimum Gasteiger partial charge on any atom is -0.497 e. The molecule has 3 aliphatic rings. The Morgan fingerprint density at radius 3 is 2.17 bits per heavy atom. The number of hydrogen-bond acceptors (Lipinski definition) is 6. The molecule has 4 aromatic carbocycles. The van der Waals surface area contributed by atoms with Crippen LogP contribution in [0.15, 0.2) is 97.1 Å². The highest BCUT2D eigenvalue weighted by atomic mass is 35.5. The van der Waals surface area contributed by atoms with Gasteiger partial charge in [0.1, 0.15) is 23.0 Å². The molecule has 7 rings (SSSR count). The molecule has 208 valence electrons. The quantitative estimate of drug-likeness (QED) is 0.195. The lowest BCUT2D eigenvalue weighted by Crippen LogP contribution is -2.48. The Balaban J connectivity index is 1.58. The van der Waals surface area contributed by atoms with E-state index in [9.17, 15) is 14.4 Å². The SMILES string of the molecule is COc1ccc(OC)c([C@H]2[C@H](C(=O)c3ccc(Cl)cc3)N3c4ccccc4C=C[C@@H]3C23C(=O)c2ccccc2C3=O)c1. The summed E-state index contributed by atoms with van der Waals surface area (Å²) in [6.07, 6.45) is 3.84. The Hall–Kier alpha value is -4.68. The van der Waals surface area contributed by atoms with E-state index >= 15 is 0 Å². The molecule has 2 heterocycles. The molecule has 0 unspecified atom stereocenters. The van der Waals surface area contributed by atoms with Crippen LogP contribution in [0.4, 0.5) is 5.69 Å². The molecule has 7 heteroatoms. The number of anilines is 1. The number of fused-ring (bicyclic) bond motifs is 5. The first-order valence-electron chi connectivity index (χ1n) is 13.7. The van der Waals surface area contributed by atoms with Crippen LogP contribution in [-0.4, -0.2) is 43.7 Å². The van der Waals surface area contributed by atoms with E-state index in [1.165, 1.54) is 0 Å². The maximum Gasteiger partial charge on any atom is 0.185 e. The first-order valence-corrected chi connectivity index (χ1v) is 14.1. The summed E-state index contributed by atoms with van der Waals surface area (Å²) in [4.78, 5) is 46.4. The van der Waals surface area contributed by atoms with Crippen molar-refractivity contribution < 1.29 is 23.9 Å². The van der Waals surface area contributed by atoms with Gasteiger partial charge in [0, 0.05) is 38.9 Å². The molecule has 0 aromatic heterocycles. The number of carbonyl (C=O) groups is 3. The van der Waals surface area contributed by atoms with Crippen LogP contribution in [0.5, 0.6) is 11.5 Å². The predicted molar refractivity (Wildman–Crippen MR) is 161 cm³/mol. The number of ketones is 3. The first kappa shape index (κ1) is 26.2. The van der Waals surface area contributed by atoms with Crippen LogP contribution in [-0.2, 0) is 0 Å². The highest BCUT2D eigenvalue weighted by Crippen LogP contribution is 2.62. The normalized spacial score (nSPS) is 21.2. The summed E-state index contributed by atoms with van der Waals surface area (Å²) in [5, 5.41) is 0.501. The van der Waals surface area contributed by atoms with Gasteiger partial charge in [-0.15, -0.1) is 0 Å². The van der Waals surface area contributed by atoms with Crippen molar-refractivity contribution in [3.63, 3.8) is 0 Å². The van der Waals surface area contributed by atoms with Gasteiger partial charge in [-0.1, -0.05) is 66.2 Å². The first-order chi connectivity index (χ1) is 20.4. The van der Waals surface area contributed by atoms with Crippen LogP contribution < -0.4 is 14.4 Å². The Morgan fingerprint density at radius 1 is 0.833 bits per heavy atom. The second-order valence-corrected chi connectivity index (χ2v) is 11.2. The van der Waals surface area contributed by atoms with Gasteiger partial charge in [0.2, 0.25) is 0 Å². The topological polar surface area (TPSA) is 72.9 Å². The molecule has 0 N–H and O–H groups in total. The highest BCUT2D eigenvalue weighted by molar-refractivity contribution is 6.32. The predicted octanol–water partition coefficient (Wildman–Crippen LogP) is 6.67.